The Balaban J connectivity index is 1.80. The molecule has 0 unspecified atom stereocenters. The Kier molecular flexibility index (Phi) is 3.89. The van der Waals surface area contributed by atoms with Crippen LogP contribution in [-0.2, 0) is 6.54 Å². The highest BCUT2D eigenvalue weighted by Gasteiger charge is 2.08. The van der Waals surface area contributed by atoms with Crippen LogP contribution in [0.25, 0.3) is 11.3 Å². The van der Waals surface area contributed by atoms with Gasteiger partial charge in [0.25, 0.3) is 0 Å². The van der Waals surface area contributed by atoms with Gasteiger partial charge in [-0.25, -0.2) is 9.48 Å². The van der Waals surface area contributed by atoms with Crippen LogP contribution in [0, 0.1) is 0 Å². The minimum Gasteiger partial charge on any atom is -0.478 e. The highest BCUT2D eigenvalue weighted by molar-refractivity contribution is 6.33. The summed E-state index contributed by atoms with van der Waals surface area (Å²) in [4.78, 5) is 10.8. The molecule has 0 aliphatic heterocycles. The van der Waals surface area contributed by atoms with Crippen molar-refractivity contribution in [2.45, 2.75) is 6.54 Å². The van der Waals surface area contributed by atoms with E-state index in [1.54, 1.807) is 35.0 Å². The molecule has 0 spiro atoms. The van der Waals surface area contributed by atoms with Gasteiger partial charge in [0, 0.05) is 5.56 Å². The summed E-state index contributed by atoms with van der Waals surface area (Å²) in [5.74, 6) is -0.937. The van der Waals surface area contributed by atoms with Gasteiger partial charge in [-0.1, -0.05) is 47.1 Å². The summed E-state index contributed by atoms with van der Waals surface area (Å²) >= 11 is 6.14. The summed E-state index contributed by atoms with van der Waals surface area (Å²) in [6, 6.07) is 14.1. The minimum atomic E-state index is -0.937. The largest absolute Gasteiger partial charge is 0.478 e. The number of nitrogens with zero attached hydrogens (tertiary/aromatic N) is 3. The molecule has 22 heavy (non-hydrogen) atoms. The van der Waals surface area contributed by atoms with Crippen LogP contribution < -0.4 is 0 Å². The van der Waals surface area contributed by atoms with Gasteiger partial charge in [0.15, 0.2) is 0 Å². The van der Waals surface area contributed by atoms with Crippen LogP contribution in [0.2, 0.25) is 5.02 Å². The van der Waals surface area contributed by atoms with E-state index in [-0.39, 0.29) is 5.56 Å². The maximum absolute atomic E-state index is 10.8. The highest BCUT2D eigenvalue weighted by Crippen LogP contribution is 2.25. The first-order chi connectivity index (χ1) is 10.6. The van der Waals surface area contributed by atoms with Gasteiger partial charge in [-0.3, -0.25) is 0 Å². The van der Waals surface area contributed by atoms with Crippen LogP contribution in [0.3, 0.4) is 0 Å². The van der Waals surface area contributed by atoms with Gasteiger partial charge in [0.1, 0.15) is 5.69 Å². The van der Waals surface area contributed by atoms with E-state index in [4.69, 9.17) is 16.7 Å². The molecule has 3 aromatic rings. The topological polar surface area (TPSA) is 68.0 Å². The summed E-state index contributed by atoms with van der Waals surface area (Å²) < 4.78 is 1.69. The first kappa shape index (κ1) is 14.3. The van der Waals surface area contributed by atoms with E-state index in [9.17, 15) is 4.79 Å². The molecule has 0 atom stereocenters. The number of benzene rings is 2. The van der Waals surface area contributed by atoms with Crippen molar-refractivity contribution in [3.8, 4) is 11.3 Å². The summed E-state index contributed by atoms with van der Waals surface area (Å²) in [7, 11) is 0. The van der Waals surface area contributed by atoms with Crippen LogP contribution >= 0.6 is 11.6 Å². The van der Waals surface area contributed by atoms with E-state index in [1.165, 1.54) is 0 Å². The van der Waals surface area contributed by atoms with Gasteiger partial charge in [-0.2, -0.15) is 0 Å². The highest BCUT2D eigenvalue weighted by atomic mass is 35.5. The summed E-state index contributed by atoms with van der Waals surface area (Å²) in [6.45, 7) is 0.511. The number of hydrogen-bond donors (Lipinski definition) is 1. The van der Waals surface area contributed by atoms with Gasteiger partial charge in [-0.05, 0) is 23.8 Å². The lowest BCUT2D eigenvalue weighted by Crippen LogP contribution is -2.01. The van der Waals surface area contributed by atoms with E-state index < -0.39 is 5.97 Å². The molecule has 0 aliphatic carbocycles. The number of carboxylic acid groups (broad SMARTS) is 1. The fourth-order valence-electron chi connectivity index (χ4n) is 2.11. The normalized spacial score (nSPS) is 10.6. The van der Waals surface area contributed by atoms with Crippen molar-refractivity contribution in [1.82, 2.24) is 15.0 Å². The lowest BCUT2D eigenvalue weighted by atomic mass is 10.1. The third-order valence-electron chi connectivity index (χ3n) is 3.23. The third-order valence-corrected chi connectivity index (χ3v) is 3.56. The van der Waals surface area contributed by atoms with Gasteiger partial charge >= 0.3 is 5.97 Å². The fraction of sp³-hybridized carbons (Fsp3) is 0.0625. The van der Waals surface area contributed by atoms with Gasteiger partial charge < -0.3 is 5.11 Å². The SMILES string of the molecule is O=C(O)c1ccc(Cn2cc(-c3ccccc3Cl)nn2)cc1. The number of aromatic nitrogens is 3. The van der Waals surface area contributed by atoms with Crippen LogP contribution in [0.4, 0.5) is 0 Å². The van der Waals surface area contributed by atoms with Crippen molar-refractivity contribution in [1.29, 1.82) is 0 Å². The zero-order valence-corrected chi connectivity index (χ0v) is 12.2. The quantitative estimate of drug-likeness (QED) is 0.802. The standard InChI is InChI=1S/C16H12ClN3O2/c17-14-4-2-1-3-13(14)15-10-20(19-18-15)9-11-5-7-12(8-6-11)16(21)22/h1-8,10H,9H2,(H,21,22). The van der Waals surface area contributed by atoms with E-state index >= 15 is 0 Å². The number of carbonyl (C=O) groups is 1. The molecule has 6 heteroatoms. The Morgan fingerprint density at radius 2 is 1.86 bits per heavy atom. The monoisotopic (exact) mass is 313 g/mol. The molecule has 0 amide bonds. The first-order valence-electron chi connectivity index (χ1n) is 6.61. The molecule has 0 saturated heterocycles. The minimum absolute atomic E-state index is 0.263. The molecule has 0 radical (unpaired) electrons. The molecular weight excluding hydrogens is 302 g/mol. The number of carboxylic acids is 1. The smallest absolute Gasteiger partial charge is 0.335 e. The zero-order chi connectivity index (χ0) is 15.5. The van der Waals surface area contributed by atoms with Gasteiger partial charge in [-0.15, -0.1) is 5.10 Å². The third kappa shape index (κ3) is 2.99. The summed E-state index contributed by atoms with van der Waals surface area (Å²) in [5.41, 5.74) is 2.74. The van der Waals surface area contributed by atoms with Crippen molar-refractivity contribution < 1.29 is 9.90 Å². The van der Waals surface area contributed by atoms with Crippen molar-refractivity contribution in [2.24, 2.45) is 0 Å². The molecule has 1 N–H and O–H groups in total. The fourth-order valence-corrected chi connectivity index (χ4v) is 2.34. The number of aromatic carboxylic acids is 1. The van der Waals surface area contributed by atoms with Crippen LogP contribution in [0.15, 0.2) is 54.7 Å². The first-order valence-corrected chi connectivity index (χ1v) is 6.98. The Morgan fingerprint density at radius 3 is 2.55 bits per heavy atom. The number of hydrogen-bond acceptors (Lipinski definition) is 3. The average Bonchev–Trinajstić information content (AvgIpc) is 2.96. The zero-order valence-electron chi connectivity index (χ0n) is 11.5. The number of halogens is 1. The molecule has 0 saturated carbocycles. The van der Waals surface area contributed by atoms with Crippen molar-refractivity contribution >= 4 is 17.6 Å². The Morgan fingerprint density at radius 1 is 1.14 bits per heavy atom. The molecule has 5 nitrogen and oxygen atoms in total. The van der Waals surface area contributed by atoms with Gasteiger partial charge in [0.05, 0.1) is 23.3 Å². The molecule has 0 fully saturated rings. The van der Waals surface area contributed by atoms with Crippen molar-refractivity contribution in [3.63, 3.8) is 0 Å². The second-order valence-electron chi connectivity index (χ2n) is 4.78. The number of rotatable bonds is 4. The van der Waals surface area contributed by atoms with E-state index in [1.807, 2.05) is 24.4 Å². The van der Waals surface area contributed by atoms with E-state index in [0.29, 0.717) is 17.3 Å². The maximum atomic E-state index is 10.8. The predicted molar refractivity (Wildman–Crippen MR) is 83.0 cm³/mol. The Hall–Kier alpha value is -2.66. The predicted octanol–water partition coefficient (Wildman–Crippen LogP) is 3.35. The molecule has 110 valence electrons. The van der Waals surface area contributed by atoms with E-state index in [2.05, 4.69) is 10.3 Å². The molecule has 0 aliphatic rings. The molecule has 3 rings (SSSR count). The Bertz CT molecular complexity index is 812. The second-order valence-corrected chi connectivity index (χ2v) is 5.19. The summed E-state index contributed by atoms with van der Waals surface area (Å²) in [6.07, 6.45) is 1.81. The molecule has 0 bridgehead atoms. The lowest BCUT2D eigenvalue weighted by molar-refractivity contribution is 0.0697. The van der Waals surface area contributed by atoms with Crippen molar-refractivity contribution in [2.75, 3.05) is 0 Å². The van der Waals surface area contributed by atoms with Crippen molar-refractivity contribution in [3.05, 3.63) is 70.9 Å². The molecule has 1 aromatic heterocycles. The molecule has 2 aromatic carbocycles. The average molecular weight is 314 g/mol. The summed E-state index contributed by atoms with van der Waals surface area (Å²) in [5, 5.41) is 17.7. The maximum Gasteiger partial charge on any atom is 0.335 e. The van der Waals surface area contributed by atoms with Crippen LogP contribution in [0.5, 0.6) is 0 Å². The van der Waals surface area contributed by atoms with Gasteiger partial charge in [0.2, 0.25) is 0 Å². The Labute approximate surface area is 131 Å². The molecule has 1 heterocycles. The lowest BCUT2D eigenvalue weighted by Gasteiger charge is -2.01. The van der Waals surface area contributed by atoms with Crippen LogP contribution in [-0.4, -0.2) is 26.1 Å². The van der Waals surface area contributed by atoms with Crippen LogP contribution in [0.1, 0.15) is 15.9 Å². The second kappa shape index (κ2) is 5.99. The van der Waals surface area contributed by atoms with E-state index in [0.717, 1.165) is 11.1 Å². The molecular formula is C16H12ClN3O2.